The maximum absolute atomic E-state index is 12.9. The molecule has 1 saturated heterocycles. The smallest absolute Gasteiger partial charge is 0.347 e. The molecule has 1 amide bonds. The predicted octanol–water partition coefficient (Wildman–Crippen LogP) is 1.50. The maximum atomic E-state index is 12.9. The van der Waals surface area contributed by atoms with Crippen molar-refractivity contribution in [3.63, 3.8) is 0 Å². The number of nitrogens with one attached hydrogen (secondary N) is 2. The highest BCUT2D eigenvalue weighted by Gasteiger charge is 2.43. The van der Waals surface area contributed by atoms with Crippen molar-refractivity contribution in [3.8, 4) is 0 Å². The quantitative estimate of drug-likeness (QED) is 0.738. The monoisotopic (exact) mass is 256 g/mol. The normalized spacial score (nSPS) is 26.5. The first kappa shape index (κ1) is 11.5. The molecule has 2 aliphatic heterocycles. The highest BCUT2D eigenvalue weighted by atomic mass is 19.4. The predicted molar refractivity (Wildman–Crippen MR) is 58.3 cm³/mol. The number of amides is 1. The third kappa shape index (κ3) is 1.59. The van der Waals surface area contributed by atoms with Crippen molar-refractivity contribution in [2.45, 2.75) is 18.1 Å². The lowest BCUT2D eigenvalue weighted by atomic mass is 9.84. The number of halogens is 3. The van der Waals surface area contributed by atoms with Crippen LogP contribution in [0, 0.1) is 0 Å². The van der Waals surface area contributed by atoms with Gasteiger partial charge in [-0.05, 0) is 11.6 Å². The van der Waals surface area contributed by atoms with Crippen molar-refractivity contribution in [1.82, 2.24) is 10.6 Å². The molecule has 1 unspecified atom stereocenters. The number of fused-ring (bicyclic) bond motifs is 3. The lowest BCUT2D eigenvalue weighted by Gasteiger charge is -2.29. The molecule has 6 heteroatoms. The zero-order valence-electron chi connectivity index (χ0n) is 9.34. The topological polar surface area (TPSA) is 41.1 Å². The van der Waals surface area contributed by atoms with Crippen LogP contribution in [0.15, 0.2) is 18.2 Å². The molecule has 3 nitrogen and oxygen atoms in total. The molecule has 2 N–H and O–H groups in total. The summed E-state index contributed by atoms with van der Waals surface area (Å²) < 4.78 is 38.7. The zero-order valence-corrected chi connectivity index (χ0v) is 9.34. The van der Waals surface area contributed by atoms with Gasteiger partial charge in [-0.3, -0.25) is 4.79 Å². The molecule has 96 valence electrons. The lowest BCUT2D eigenvalue weighted by molar-refractivity contribution is -0.138. The third-order valence-electron chi connectivity index (χ3n) is 3.56. The standard InChI is InChI=1S/C12H11F3N2O/c13-12(14,15)8-3-1-2-6-7-4-16-5-9(7)17-11(18)10(6)8/h1-3,7,9,16H,4-5H2,(H,17,18)/t7?,9-/m1/s1. The van der Waals surface area contributed by atoms with Gasteiger partial charge in [0.15, 0.2) is 0 Å². The van der Waals surface area contributed by atoms with Crippen LogP contribution in [0.5, 0.6) is 0 Å². The molecule has 1 aromatic rings. The summed E-state index contributed by atoms with van der Waals surface area (Å²) in [7, 11) is 0. The van der Waals surface area contributed by atoms with Crippen molar-refractivity contribution in [2.75, 3.05) is 13.1 Å². The molecule has 0 aliphatic carbocycles. The molecule has 0 spiro atoms. The van der Waals surface area contributed by atoms with E-state index >= 15 is 0 Å². The molecular formula is C12H11F3N2O. The molecule has 18 heavy (non-hydrogen) atoms. The number of carbonyl (C=O) groups excluding carboxylic acids is 1. The average Bonchev–Trinajstić information content (AvgIpc) is 2.75. The fourth-order valence-electron chi connectivity index (χ4n) is 2.77. The van der Waals surface area contributed by atoms with Crippen LogP contribution in [0.2, 0.25) is 0 Å². The van der Waals surface area contributed by atoms with E-state index in [4.69, 9.17) is 0 Å². The fraction of sp³-hybridized carbons (Fsp3) is 0.417. The number of benzene rings is 1. The molecule has 3 rings (SSSR count). The van der Waals surface area contributed by atoms with Crippen molar-refractivity contribution < 1.29 is 18.0 Å². The molecule has 1 aromatic carbocycles. The Labute approximate surface area is 101 Å². The van der Waals surface area contributed by atoms with Crippen LogP contribution < -0.4 is 10.6 Å². The summed E-state index contributed by atoms with van der Waals surface area (Å²) in [6.45, 7) is 1.20. The second-order valence-electron chi connectivity index (χ2n) is 4.61. The number of hydrogen-bond acceptors (Lipinski definition) is 2. The van der Waals surface area contributed by atoms with Crippen molar-refractivity contribution in [3.05, 3.63) is 34.9 Å². The van der Waals surface area contributed by atoms with E-state index in [1.807, 2.05) is 0 Å². The Hall–Kier alpha value is -1.56. The molecule has 2 aliphatic rings. The molecule has 1 fully saturated rings. The molecule has 0 bridgehead atoms. The Morgan fingerprint density at radius 3 is 2.72 bits per heavy atom. The minimum atomic E-state index is -4.50. The van der Waals surface area contributed by atoms with Gasteiger partial charge in [-0.1, -0.05) is 12.1 Å². The van der Waals surface area contributed by atoms with E-state index in [2.05, 4.69) is 10.6 Å². The van der Waals surface area contributed by atoms with Gasteiger partial charge in [-0.15, -0.1) is 0 Å². The van der Waals surface area contributed by atoms with Gasteiger partial charge in [0.05, 0.1) is 11.1 Å². The number of carbonyl (C=O) groups is 1. The van der Waals surface area contributed by atoms with Crippen molar-refractivity contribution in [2.24, 2.45) is 0 Å². The van der Waals surface area contributed by atoms with Crippen LogP contribution in [0.25, 0.3) is 0 Å². The van der Waals surface area contributed by atoms with Gasteiger partial charge < -0.3 is 10.6 Å². The minimum Gasteiger partial charge on any atom is -0.347 e. The average molecular weight is 256 g/mol. The Morgan fingerprint density at radius 1 is 1.22 bits per heavy atom. The maximum Gasteiger partial charge on any atom is 0.417 e. The van der Waals surface area contributed by atoms with Gasteiger partial charge in [-0.2, -0.15) is 13.2 Å². The second-order valence-corrected chi connectivity index (χ2v) is 4.61. The van der Waals surface area contributed by atoms with Crippen LogP contribution in [0.1, 0.15) is 27.4 Å². The van der Waals surface area contributed by atoms with E-state index in [1.54, 1.807) is 6.07 Å². The van der Waals surface area contributed by atoms with Crippen LogP contribution in [-0.4, -0.2) is 25.0 Å². The van der Waals surface area contributed by atoms with E-state index in [0.717, 1.165) is 6.07 Å². The zero-order chi connectivity index (χ0) is 12.9. The Kier molecular flexibility index (Phi) is 2.38. The van der Waals surface area contributed by atoms with Crippen LogP contribution in [-0.2, 0) is 6.18 Å². The summed E-state index contributed by atoms with van der Waals surface area (Å²) in [5.41, 5.74) is -0.554. The van der Waals surface area contributed by atoms with E-state index in [9.17, 15) is 18.0 Å². The highest BCUT2D eigenvalue weighted by Crippen LogP contribution is 2.38. The van der Waals surface area contributed by atoms with Gasteiger partial charge in [-0.25, -0.2) is 0 Å². The van der Waals surface area contributed by atoms with Gasteiger partial charge in [0.1, 0.15) is 0 Å². The summed E-state index contributed by atoms with van der Waals surface area (Å²) in [6, 6.07) is 3.85. The molecule has 0 radical (unpaired) electrons. The molecular weight excluding hydrogens is 245 g/mol. The van der Waals surface area contributed by atoms with Gasteiger partial charge in [0.2, 0.25) is 0 Å². The first-order valence-corrected chi connectivity index (χ1v) is 5.70. The van der Waals surface area contributed by atoms with E-state index in [0.29, 0.717) is 18.7 Å². The third-order valence-corrected chi connectivity index (χ3v) is 3.56. The number of hydrogen-bond donors (Lipinski definition) is 2. The molecule has 2 heterocycles. The Bertz CT molecular complexity index is 513. The summed E-state index contributed by atoms with van der Waals surface area (Å²) >= 11 is 0. The minimum absolute atomic E-state index is 0.0694. The van der Waals surface area contributed by atoms with Crippen LogP contribution in [0.3, 0.4) is 0 Å². The summed E-state index contributed by atoms with van der Waals surface area (Å²) in [5, 5.41) is 5.73. The van der Waals surface area contributed by atoms with Gasteiger partial charge in [0, 0.05) is 25.0 Å². The van der Waals surface area contributed by atoms with E-state index in [1.165, 1.54) is 6.07 Å². The largest absolute Gasteiger partial charge is 0.417 e. The van der Waals surface area contributed by atoms with E-state index in [-0.39, 0.29) is 17.5 Å². The van der Waals surface area contributed by atoms with Gasteiger partial charge >= 0.3 is 6.18 Å². The molecule has 0 aromatic heterocycles. The number of alkyl halides is 3. The summed E-state index contributed by atoms with van der Waals surface area (Å²) in [5.74, 6) is -0.692. The summed E-state index contributed by atoms with van der Waals surface area (Å²) in [6.07, 6.45) is -4.50. The second kappa shape index (κ2) is 3.71. The fourth-order valence-corrected chi connectivity index (χ4v) is 2.77. The Balaban J connectivity index is 2.18. The van der Waals surface area contributed by atoms with Crippen LogP contribution in [0.4, 0.5) is 13.2 Å². The van der Waals surface area contributed by atoms with Crippen molar-refractivity contribution >= 4 is 5.91 Å². The number of rotatable bonds is 0. The van der Waals surface area contributed by atoms with E-state index < -0.39 is 17.6 Å². The molecule has 2 atom stereocenters. The Morgan fingerprint density at radius 2 is 2.00 bits per heavy atom. The molecule has 0 saturated carbocycles. The first-order chi connectivity index (χ1) is 8.48. The van der Waals surface area contributed by atoms with Crippen molar-refractivity contribution in [1.29, 1.82) is 0 Å². The lowest BCUT2D eigenvalue weighted by Crippen LogP contribution is -2.45. The first-order valence-electron chi connectivity index (χ1n) is 5.70. The van der Waals surface area contributed by atoms with Gasteiger partial charge in [0.25, 0.3) is 5.91 Å². The SMILES string of the molecule is O=C1N[C@@H]2CNCC2c2cccc(C(F)(F)F)c21. The highest BCUT2D eigenvalue weighted by molar-refractivity contribution is 5.99. The van der Waals surface area contributed by atoms with Crippen LogP contribution >= 0.6 is 0 Å². The summed E-state index contributed by atoms with van der Waals surface area (Å²) in [4.78, 5) is 11.9.